The molecule has 0 saturated heterocycles. The van der Waals surface area contributed by atoms with Crippen molar-refractivity contribution in [2.24, 2.45) is 5.41 Å². The quantitative estimate of drug-likeness (QED) is 0.706. The number of hydrogen-bond acceptors (Lipinski definition) is 3. The van der Waals surface area contributed by atoms with Crippen LogP contribution < -0.4 is 5.32 Å². The van der Waals surface area contributed by atoms with Crippen molar-refractivity contribution in [3.63, 3.8) is 0 Å². The van der Waals surface area contributed by atoms with Crippen LogP contribution in [-0.4, -0.2) is 44.2 Å². The van der Waals surface area contributed by atoms with Gasteiger partial charge >= 0.3 is 6.18 Å². The second kappa shape index (κ2) is 5.33. The highest BCUT2D eigenvalue weighted by molar-refractivity contribution is 4.94. The fourth-order valence-corrected chi connectivity index (χ4v) is 1.60. The number of nitrogens with one attached hydrogen (secondary N) is 1. The Bertz CT molecular complexity index is 217. The van der Waals surface area contributed by atoms with Crippen molar-refractivity contribution >= 4 is 0 Å². The summed E-state index contributed by atoms with van der Waals surface area (Å²) in [6.45, 7) is 0.714. The van der Waals surface area contributed by atoms with Crippen molar-refractivity contribution in [3.05, 3.63) is 0 Å². The van der Waals surface area contributed by atoms with Gasteiger partial charge in [-0.3, -0.25) is 0 Å². The highest BCUT2D eigenvalue weighted by Gasteiger charge is 2.43. The molecule has 0 amide bonds. The molecule has 0 spiro atoms. The highest BCUT2D eigenvalue weighted by atomic mass is 19.4. The molecule has 3 nitrogen and oxygen atoms in total. The Hall–Kier alpha value is -0.330. The van der Waals surface area contributed by atoms with Gasteiger partial charge in [0.25, 0.3) is 0 Å². The Morgan fingerprint density at radius 3 is 2.50 bits per heavy atom. The molecule has 0 aliphatic heterocycles. The normalized spacial score (nSPS) is 20.8. The van der Waals surface area contributed by atoms with Crippen LogP contribution in [0, 0.1) is 5.41 Å². The monoisotopic (exact) mass is 241 g/mol. The van der Waals surface area contributed by atoms with Gasteiger partial charge in [-0.15, -0.1) is 0 Å². The van der Waals surface area contributed by atoms with E-state index in [1.54, 1.807) is 7.11 Å². The van der Waals surface area contributed by atoms with Gasteiger partial charge < -0.3 is 15.2 Å². The Labute approximate surface area is 93.0 Å². The maximum Gasteiger partial charge on any atom is 0.415 e. The maximum atomic E-state index is 12.0. The standard InChI is InChI=1S/C10H18F3NO2/c1-16-5-4-9(2-3-9)7-14-6-8(15)10(11,12)13/h8,14-15H,2-7H2,1H3. The molecule has 0 bridgehead atoms. The summed E-state index contributed by atoms with van der Waals surface area (Å²) in [5, 5.41) is 11.4. The van der Waals surface area contributed by atoms with E-state index in [4.69, 9.17) is 9.84 Å². The third-order valence-corrected chi connectivity index (χ3v) is 3.01. The molecule has 0 radical (unpaired) electrons. The second-order valence-electron chi connectivity index (χ2n) is 4.43. The Morgan fingerprint density at radius 1 is 1.44 bits per heavy atom. The van der Waals surface area contributed by atoms with E-state index in [1.165, 1.54) is 0 Å². The molecule has 0 heterocycles. The molecule has 96 valence electrons. The van der Waals surface area contributed by atoms with Gasteiger partial charge in [0.15, 0.2) is 6.10 Å². The largest absolute Gasteiger partial charge is 0.415 e. The second-order valence-corrected chi connectivity index (χ2v) is 4.43. The summed E-state index contributed by atoms with van der Waals surface area (Å²) in [4.78, 5) is 0. The average molecular weight is 241 g/mol. The van der Waals surface area contributed by atoms with Crippen molar-refractivity contribution in [1.29, 1.82) is 0 Å². The topological polar surface area (TPSA) is 41.5 Å². The molecular formula is C10H18F3NO2. The summed E-state index contributed by atoms with van der Waals surface area (Å²) in [6.07, 6.45) is -3.91. The van der Waals surface area contributed by atoms with E-state index in [9.17, 15) is 13.2 Å². The smallest absolute Gasteiger partial charge is 0.385 e. The first-order valence-electron chi connectivity index (χ1n) is 5.34. The van der Waals surface area contributed by atoms with Crippen molar-refractivity contribution in [2.45, 2.75) is 31.5 Å². The number of aliphatic hydroxyl groups excluding tert-OH is 1. The fraction of sp³-hybridized carbons (Fsp3) is 1.00. The van der Waals surface area contributed by atoms with Gasteiger partial charge in [-0.25, -0.2) is 0 Å². The van der Waals surface area contributed by atoms with Crippen LogP contribution in [0.15, 0.2) is 0 Å². The first kappa shape index (κ1) is 13.7. The third kappa shape index (κ3) is 4.27. The molecule has 1 fully saturated rings. The summed E-state index contributed by atoms with van der Waals surface area (Å²) in [6, 6.07) is 0. The fourth-order valence-electron chi connectivity index (χ4n) is 1.60. The van der Waals surface area contributed by atoms with Gasteiger partial charge in [0.05, 0.1) is 0 Å². The minimum atomic E-state index is -4.53. The highest BCUT2D eigenvalue weighted by Crippen LogP contribution is 2.48. The van der Waals surface area contributed by atoms with E-state index >= 15 is 0 Å². The zero-order valence-corrected chi connectivity index (χ0v) is 9.31. The van der Waals surface area contributed by atoms with E-state index in [-0.39, 0.29) is 5.41 Å². The molecule has 1 saturated carbocycles. The SMILES string of the molecule is COCCC1(CNCC(O)C(F)(F)F)CC1. The molecule has 16 heavy (non-hydrogen) atoms. The molecule has 0 aromatic rings. The van der Waals surface area contributed by atoms with Crippen molar-refractivity contribution in [2.75, 3.05) is 26.8 Å². The predicted molar refractivity (Wildman–Crippen MR) is 53.1 cm³/mol. The number of aliphatic hydroxyl groups is 1. The van der Waals surface area contributed by atoms with Gasteiger partial charge in [-0.1, -0.05) is 0 Å². The molecule has 1 aliphatic rings. The number of hydrogen-bond donors (Lipinski definition) is 2. The van der Waals surface area contributed by atoms with Crippen LogP contribution in [0.1, 0.15) is 19.3 Å². The first-order valence-corrected chi connectivity index (χ1v) is 5.34. The van der Waals surface area contributed by atoms with Gasteiger partial charge in [0.2, 0.25) is 0 Å². The number of halogens is 3. The number of ether oxygens (including phenoxy) is 1. The van der Waals surface area contributed by atoms with E-state index in [0.717, 1.165) is 19.3 Å². The zero-order chi connectivity index (χ0) is 12.2. The summed E-state index contributed by atoms with van der Waals surface area (Å²) in [7, 11) is 1.61. The van der Waals surface area contributed by atoms with E-state index in [2.05, 4.69) is 5.32 Å². The molecule has 1 atom stereocenters. The van der Waals surface area contributed by atoms with Crippen molar-refractivity contribution < 1.29 is 23.0 Å². The van der Waals surface area contributed by atoms with Gasteiger partial charge in [0.1, 0.15) is 0 Å². The van der Waals surface area contributed by atoms with Crippen molar-refractivity contribution in [1.82, 2.24) is 5.32 Å². The molecule has 6 heteroatoms. The van der Waals surface area contributed by atoms with E-state index in [0.29, 0.717) is 13.2 Å². The number of methoxy groups -OCH3 is 1. The summed E-state index contributed by atoms with van der Waals surface area (Å²) in [5.41, 5.74) is 0.0985. The summed E-state index contributed by atoms with van der Waals surface area (Å²) in [5.74, 6) is 0. The maximum absolute atomic E-state index is 12.0. The van der Waals surface area contributed by atoms with Crippen LogP contribution in [0.3, 0.4) is 0 Å². The van der Waals surface area contributed by atoms with Crippen LogP contribution in [0.5, 0.6) is 0 Å². The summed E-state index contributed by atoms with van der Waals surface area (Å²) >= 11 is 0. The summed E-state index contributed by atoms with van der Waals surface area (Å²) < 4.78 is 40.9. The molecule has 0 aromatic carbocycles. The lowest BCUT2D eigenvalue weighted by Gasteiger charge is -2.19. The predicted octanol–water partition coefficient (Wildman–Crippen LogP) is 1.32. The van der Waals surface area contributed by atoms with Crippen molar-refractivity contribution in [3.8, 4) is 0 Å². The minimum absolute atomic E-state index is 0.0985. The first-order chi connectivity index (χ1) is 7.40. The Morgan fingerprint density at radius 2 is 2.06 bits per heavy atom. The van der Waals surface area contributed by atoms with Gasteiger partial charge in [-0.05, 0) is 24.7 Å². The van der Waals surface area contributed by atoms with Crippen LogP contribution in [-0.2, 0) is 4.74 Å². The van der Waals surface area contributed by atoms with Gasteiger partial charge in [-0.2, -0.15) is 13.2 Å². The van der Waals surface area contributed by atoms with Crippen LogP contribution >= 0.6 is 0 Å². The molecular weight excluding hydrogens is 223 g/mol. The molecule has 2 N–H and O–H groups in total. The van der Waals surface area contributed by atoms with Crippen LogP contribution in [0.4, 0.5) is 13.2 Å². The number of rotatable bonds is 7. The third-order valence-electron chi connectivity index (χ3n) is 3.01. The molecule has 1 unspecified atom stereocenters. The average Bonchev–Trinajstić information content (AvgIpc) is 2.94. The molecule has 1 rings (SSSR count). The lowest BCUT2D eigenvalue weighted by molar-refractivity contribution is -0.201. The molecule has 0 aromatic heterocycles. The number of alkyl halides is 3. The van der Waals surface area contributed by atoms with Crippen LogP contribution in [0.25, 0.3) is 0 Å². The lowest BCUT2D eigenvalue weighted by Crippen LogP contribution is -2.40. The lowest BCUT2D eigenvalue weighted by atomic mass is 10.0. The van der Waals surface area contributed by atoms with E-state index in [1.807, 2.05) is 0 Å². The zero-order valence-electron chi connectivity index (χ0n) is 9.31. The Balaban J connectivity index is 2.16. The van der Waals surface area contributed by atoms with Crippen LogP contribution in [0.2, 0.25) is 0 Å². The van der Waals surface area contributed by atoms with E-state index < -0.39 is 18.8 Å². The Kier molecular flexibility index (Phi) is 4.58. The van der Waals surface area contributed by atoms with Gasteiger partial charge in [0, 0.05) is 26.8 Å². The molecule has 1 aliphatic carbocycles. The minimum Gasteiger partial charge on any atom is -0.385 e.